The van der Waals surface area contributed by atoms with Gasteiger partial charge in [0, 0.05) is 25.0 Å². The van der Waals surface area contributed by atoms with Crippen molar-refractivity contribution in [2.75, 3.05) is 19.0 Å². The SMILES string of the molecule is CC(CCl)N1CC2C3CCC(C3)C2C1. The Kier molecular flexibility index (Phi) is 2.29. The number of nitrogens with zero attached hydrogens (tertiary/aromatic N) is 1. The van der Waals surface area contributed by atoms with E-state index >= 15 is 0 Å². The Morgan fingerprint density at radius 3 is 2.29 bits per heavy atom. The number of fused-ring (bicyclic) bond motifs is 5. The molecule has 2 bridgehead atoms. The van der Waals surface area contributed by atoms with Crippen LogP contribution in [0.25, 0.3) is 0 Å². The summed E-state index contributed by atoms with van der Waals surface area (Å²) in [6, 6.07) is 0.599. The smallest absolute Gasteiger partial charge is 0.0376 e. The first kappa shape index (κ1) is 9.47. The minimum atomic E-state index is 0.599. The molecule has 0 aromatic rings. The van der Waals surface area contributed by atoms with E-state index in [-0.39, 0.29) is 0 Å². The van der Waals surface area contributed by atoms with Crippen LogP contribution in [0.4, 0.5) is 0 Å². The zero-order chi connectivity index (χ0) is 9.71. The number of rotatable bonds is 2. The molecule has 0 spiro atoms. The highest BCUT2D eigenvalue weighted by molar-refractivity contribution is 6.18. The second kappa shape index (κ2) is 3.38. The third-order valence-electron chi connectivity index (χ3n) is 5.01. The van der Waals surface area contributed by atoms with E-state index in [2.05, 4.69) is 11.8 Å². The summed E-state index contributed by atoms with van der Waals surface area (Å²) in [5, 5.41) is 0. The van der Waals surface area contributed by atoms with Crippen LogP contribution in [0.15, 0.2) is 0 Å². The van der Waals surface area contributed by atoms with Crippen molar-refractivity contribution in [3.63, 3.8) is 0 Å². The fraction of sp³-hybridized carbons (Fsp3) is 1.00. The van der Waals surface area contributed by atoms with Crippen LogP contribution in [0.1, 0.15) is 26.2 Å². The number of likely N-dealkylation sites (tertiary alicyclic amines) is 1. The molecular weight excluding hydrogens is 194 g/mol. The molecule has 0 radical (unpaired) electrons. The summed E-state index contributed by atoms with van der Waals surface area (Å²) in [6.45, 7) is 4.97. The van der Waals surface area contributed by atoms with Crippen molar-refractivity contribution < 1.29 is 0 Å². The molecule has 5 atom stereocenters. The molecule has 0 N–H and O–H groups in total. The van der Waals surface area contributed by atoms with Crippen molar-refractivity contribution in [3.8, 4) is 0 Å². The minimum Gasteiger partial charge on any atom is -0.299 e. The minimum absolute atomic E-state index is 0.599. The lowest BCUT2D eigenvalue weighted by atomic mass is 9.82. The van der Waals surface area contributed by atoms with Gasteiger partial charge in [-0.2, -0.15) is 0 Å². The highest BCUT2D eigenvalue weighted by Crippen LogP contribution is 2.55. The fourth-order valence-electron chi connectivity index (χ4n) is 4.17. The van der Waals surface area contributed by atoms with Crippen LogP contribution in [0, 0.1) is 23.7 Å². The lowest BCUT2D eigenvalue weighted by Crippen LogP contribution is -2.33. The van der Waals surface area contributed by atoms with Gasteiger partial charge >= 0.3 is 0 Å². The van der Waals surface area contributed by atoms with Gasteiger partial charge in [0.2, 0.25) is 0 Å². The average molecular weight is 214 g/mol. The van der Waals surface area contributed by atoms with Gasteiger partial charge < -0.3 is 0 Å². The highest BCUT2D eigenvalue weighted by atomic mass is 35.5. The first-order valence-electron chi connectivity index (χ1n) is 6.09. The Morgan fingerprint density at radius 1 is 1.21 bits per heavy atom. The summed E-state index contributed by atoms with van der Waals surface area (Å²) in [4.78, 5) is 2.63. The van der Waals surface area contributed by atoms with Crippen molar-refractivity contribution in [3.05, 3.63) is 0 Å². The van der Waals surface area contributed by atoms with Crippen LogP contribution < -0.4 is 0 Å². The van der Waals surface area contributed by atoms with Crippen molar-refractivity contribution in [1.29, 1.82) is 0 Å². The number of alkyl halides is 1. The van der Waals surface area contributed by atoms with Crippen LogP contribution >= 0.6 is 11.6 Å². The summed E-state index contributed by atoms with van der Waals surface area (Å²) < 4.78 is 0. The van der Waals surface area contributed by atoms with Crippen LogP contribution in [-0.2, 0) is 0 Å². The monoisotopic (exact) mass is 213 g/mol. The number of halogens is 1. The number of hydrogen-bond donors (Lipinski definition) is 0. The molecule has 0 amide bonds. The first-order chi connectivity index (χ1) is 6.79. The van der Waals surface area contributed by atoms with Gasteiger partial charge in [-0.05, 0) is 49.9 Å². The summed E-state index contributed by atoms with van der Waals surface area (Å²) >= 11 is 5.94. The van der Waals surface area contributed by atoms with E-state index in [1.165, 1.54) is 25.9 Å². The van der Waals surface area contributed by atoms with E-state index < -0.39 is 0 Å². The molecule has 3 aliphatic rings. The van der Waals surface area contributed by atoms with Crippen molar-refractivity contribution in [2.24, 2.45) is 23.7 Å². The van der Waals surface area contributed by atoms with Crippen LogP contribution in [-0.4, -0.2) is 29.9 Å². The van der Waals surface area contributed by atoms with Gasteiger partial charge in [-0.3, -0.25) is 4.90 Å². The van der Waals surface area contributed by atoms with E-state index in [1.807, 2.05) is 0 Å². The zero-order valence-corrected chi connectivity index (χ0v) is 9.71. The molecule has 2 heteroatoms. The maximum Gasteiger partial charge on any atom is 0.0376 e. The normalized spacial score (nSPS) is 48.4. The Bertz CT molecular complexity index is 212. The van der Waals surface area contributed by atoms with Crippen molar-refractivity contribution in [1.82, 2.24) is 4.90 Å². The first-order valence-corrected chi connectivity index (χ1v) is 6.63. The number of hydrogen-bond acceptors (Lipinski definition) is 1. The Morgan fingerprint density at radius 2 is 1.79 bits per heavy atom. The van der Waals surface area contributed by atoms with Crippen LogP contribution in [0.3, 0.4) is 0 Å². The highest BCUT2D eigenvalue weighted by Gasteiger charge is 2.51. The molecule has 1 aliphatic heterocycles. The summed E-state index contributed by atoms with van der Waals surface area (Å²) in [7, 11) is 0. The maximum absolute atomic E-state index is 5.94. The third kappa shape index (κ3) is 1.25. The second-order valence-corrected chi connectivity index (χ2v) is 5.93. The molecule has 2 saturated carbocycles. The van der Waals surface area contributed by atoms with Crippen molar-refractivity contribution >= 4 is 11.6 Å². The Balaban J connectivity index is 1.70. The summed E-state index contributed by atoms with van der Waals surface area (Å²) in [6.07, 6.45) is 4.60. The van der Waals surface area contributed by atoms with E-state index in [9.17, 15) is 0 Å². The lowest BCUT2D eigenvalue weighted by Gasteiger charge is -2.23. The summed E-state index contributed by atoms with van der Waals surface area (Å²) in [5.41, 5.74) is 0. The zero-order valence-electron chi connectivity index (χ0n) is 8.95. The fourth-order valence-corrected chi connectivity index (χ4v) is 4.37. The van der Waals surface area contributed by atoms with E-state index in [0.29, 0.717) is 6.04 Å². The molecule has 3 fully saturated rings. The predicted octanol–water partition coefficient (Wildman–Crippen LogP) is 2.59. The van der Waals surface area contributed by atoms with Gasteiger partial charge in [-0.25, -0.2) is 0 Å². The lowest BCUT2D eigenvalue weighted by molar-refractivity contribution is 0.246. The standard InChI is InChI=1S/C12H20ClN/c1-8(5-13)14-6-11-9-2-3-10(4-9)12(11)7-14/h8-12H,2-7H2,1H3. The van der Waals surface area contributed by atoms with Gasteiger partial charge in [0.25, 0.3) is 0 Å². The van der Waals surface area contributed by atoms with Crippen LogP contribution in [0.5, 0.6) is 0 Å². The van der Waals surface area contributed by atoms with E-state index in [4.69, 9.17) is 11.6 Å². The molecule has 2 aliphatic carbocycles. The maximum atomic E-state index is 5.94. The molecule has 1 nitrogen and oxygen atoms in total. The average Bonchev–Trinajstić information content (AvgIpc) is 2.87. The second-order valence-electron chi connectivity index (χ2n) is 5.62. The summed E-state index contributed by atoms with van der Waals surface area (Å²) in [5.74, 6) is 5.04. The van der Waals surface area contributed by atoms with Gasteiger partial charge in [0.05, 0.1) is 0 Å². The third-order valence-corrected chi connectivity index (χ3v) is 5.46. The van der Waals surface area contributed by atoms with Gasteiger partial charge in [-0.1, -0.05) is 0 Å². The topological polar surface area (TPSA) is 3.24 Å². The molecular formula is C12H20ClN. The molecule has 0 aromatic heterocycles. The molecule has 1 heterocycles. The van der Waals surface area contributed by atoms with E-state index in [0.717, 1.165) is 29.6 Å². The molecule has 14 heavy (non-hydrogen) atoms. The molecule has 0 aromatic carbocycles. The molecule has 3 rings (SSSR count). The molecule has 1 saturated heterocycles. The Labute approximate surface area is 91.8 Å². The van der Waals surface area contributed by atoms with Crippen LogP contribution in [0.2, 0.25) is 0 Å². The Hall–Kier alpha value is 0.250. The quantitative estimate of drug-likeness (QED) is 0.638. The molecule has 80 valence electrons. The van der Waals surface area contributed by atoms with Gasteiger partial charge in [0.1, 0.15) is 0 Å². The van der Waals surface area contributed by atoms with Gasteiger partial charge in [-0.15, -0.1) is 11.6 Å². The van der Waals surface area contributed by atoms with Gasteiger partial charge in [0.15, 0.2) is 0 Å². The largest absolute Gasteiger partial charge is 0.299 e. The molecule has 5 unspecified atom stereocenters. The van der Waals surface area contributed by atoms with E-state index in [1.54, 1.807) is 6.42 Å². The predicted molar refractivity (Wildman–Crippen MR) is 59.6 cm³/mol. The van der Waals surface area contributed by atoms with Crippen molar-refractivity contribution in [2.45, 2.75) is 32.2 Å².